The molecule has 9 heteroatoms. The second-order valence-electron chi connectivity index (χ2n) is 2.68. The van der Waals surface area contributed by atoms with E-state index in [9.17, 15) is 31.7 Å². The third-order valence-corrected chi connectivity index (χ3v) is 3.06. The van der Waals surface area contributed by atoms with Gasteiger partial charge in [0.2, 0.25) is 9.84 Å². The van der Waals surface area contributed by atoms with E-state index in [1.165, 1.54) is 0 Å². The van der Waals surface area contributed by atoms with Crippen molar-refractivity contribution >= 4 is 15.5 Å². The molecule has 0 N–H and O–H groups in total. The third kappa shape index (κ3) is 2.13. The Morgan fingerprint density at radius 1 is 1.31 bits per heavy atom. The standard InChI is InChI=1S/C7H4F3NO4S/c8-5-2-1-4(11(12)13)3-6(5)16(14,15)7(9)10/h1-3,7H. The SMILES string of the molecule is O=[N+]([O-])c1ccc(F)c(S(=O)(=O)C(F)F)c1. The number of hydrogen-bond donors (Lipinski definition) is 0. The summed E-state index contributed by atoms with van der Waals surface area (Å²) in [6.45, 7) is 0. The fraction of sp³-hybridized carbons (Fsp3) is 0.143. The number of nitro benzene ring substituents is 1. The number of hydrogen-bond acceptors (Lipinski definition) is 4. The Bertz CT molecular complexity index is 528. The molecule has 0 saturated heterocycles. The van der Waals surface area contributed by atoms with Gasteiger partial charge in [-0.2, -0.15) is 8.78 Å². The van der Waals surface area contributed by atoms with Crippen LogP contribution in [0.4, 0.5) is 18.9 Å². The highest BCUT2D eigenvalue weighted by molar-refractivity contribution is 7.91. The Kier molecular flexibility index (Phi) is 3.17. The van der Waals surface area contributed by atoms with E-state index in [1.807, 2.05) is 0 Å². The van der Waals surface area contributed by atoms with Gasteiger partial charge in [0.25, 0.3) is 5.69 Å². The van der Waals surface area contributed by atoms with Crippen molar-refractivity contribution in [1.82, 2.24) is 0 Å². The molecule has 0 aliphatic carbocycles. The van der Waals surface area contributed by atoms with Crippen LogP contribution in [-0.4, -0.2) is 19.1 Å². The van der Waals surface area contributed by atoms with Crippen molar-refractivity contribution in [1.29, 1.82) is 0 Å². The number of rotatable bonds is 3. The van der Waals surface area contributed by atoms with Gasteiger partial charge in [0, 0.05) is 12.1 Å². The normalized spacial score (nSPS) is 11.8. The molecular weight excluding hydrogens is 251 g/mol. The highest BCUT2D eigenvalue weighted by Gasteiger charge is 2.31. The molecule has 0 aliphatic heterocycles. The van der Waals surface area contributed by atoms with Crippen LogP contribution in [0.1, 0.15) is 0 Å². The van der Waals surface area contributed by atoms with E-state index in [4.69, 9.17) is 0 Å². The first-order chi connectivity index (χ1) is 7.26. The van der Waals surface area contributed by atoms with E-state index in [1.54, 1.807) is 0 Å². The Hall–Kier alpha value is -1.64. The van der Waals surface area contributed by atoms with Gasteiger partial charge < -0.3 is 0 Å². The maximum Gasteiger partial charge on any atom is 0.341 e. The predicted octanol–water partition coefficient (Wildman–Crippen LogP) is 1.73. The summed E-state index contributed by atoms with van der Waals surface area (Å²) in [7, 11) is -5.18. The molecule has 1 aromatic rings. The van der Waals surface area contributed by atoms with Gasteiger partial charge in [-0.25, -0.2) is 12.8 Å². The summed E-state index contributed by atoms with van der Waals surface area (Å²) in [4.78, 5) is 7.87. The Balaban J connectivity index is 3.45. The quantitative estimate of drug-likeness (QED) is 0.608. The largest absolute Gasteiger partial charge is 0.341 e. The van der Waals surface area contributed by atoms with Crippen LogP contribution in [0, 0.1) is 15.9 Å². The number of sulfone groups is 1. The number of non-ortho nitro benzene ring substituents is 1. The first kappa shape index (κ1) is 12.4. The predicted molar refractivity (Wildman–Crippen MR) is 46.2 cm³/mol. The van der Waals surface area contributed by atoms with Crippen LogP contribution >= 0.6 is 0 Å². The van der Waals surface area contributed by atoms with Crippen molar-refractivity contribution in [3.8, 4) is 0 Å². The van der Waals surface area contributed by atoms with Crippen molar-refractivity contribution in [3.05, 3.63) is 34.1 Å². The molecule has 0 spiro atoms. The maximum absolute atomic E-state index is 13.0. The zero-order chi connectivity index (χ0) is 12.5. The second kappa shape index (κ2) is 4.08. The average Bonchev–Trinajstić information content (AvgIpc) is 2.17. The lowest BCUT2D eigenvalue weighted by atomic mass is 10.3. The van der Waals surface area contributed by atoms with Crippen LogP contribution in [0.5, 0.6) is 0 Å². The van der Waals surface area contributed by atoms with Gasteiger partial charge in [-0.05, 0) is 6.07 Å². The van der Waals surface area contributed by atoms with Crippen molar-refractivity contribution < 1.29 is 26.5 Å². The van der Waals surface area contributed by atoms with Crippen molar-refractivity contribution in [3.63, 3.8) is 0 Å². The number of halogens is 3. The van der Waals surface area contributed by atoms with Gasteiger partial charge >= 0.3 is 5.76 Å². The van der Waals surface area contributed by atoms with Crippen LogP contribution in [0.2, 0.25) is 0 Å². The van der Waals surface area contributed by atoms with Crippen LogP contribution in [0.3, 0.4) is 0 Å². The van der Waals surface area contributed by atoms with Crippen LogP contribution in [-0.2, 0) is 9.84 Å². The summed E-state index contributed by atoms with van der Waals surface area (Å²) in [5.41, 5.74) is -0.777. The molecule has 16 heavy (non-hydrogen) atoms. The van der Waals surface area contributed by atoms with Gasteiger partial charge in [-0.1, -0.05) is 0 Å². The Morgan fingerprint density at radius 3 is 2.31 bits per heavy atom. The summed E-state index contributed by atoms with van der Waals surface area (Å²) in [5, 5.41) is 10.3. The first-order valence-electron chi connectivity index (χ1n) is 3.73. The monoisotopic (exact) mass is 255 g/mol. The van der Waals surface area contributed by atoms with Gasteiger partial charge in [0.15, 0.2) is 0 Å². The lowest BCUT2D eigenvalue weighted by Gasteiger charge is -2.03. The summed E-state index contributed by atoms with van der Waals surface area (Å²) in [6, 6.07) is 1.39. The molecule has 88 valence electrons. The minimum absolute atomic E-state index is 0.261. The number of alkyl halides is 2. The third-order valence-electron chi connectivity index (χ3n) is 1.67. The zero-order valence-electron chi connectivity index (χ0n) is 7.43. The smallest absolute Gasteiger partial charge is 0.258 e. The van der Waals surface area contributed by atoms with E-state index >= 15 is 0 Å². The van der Waals surface area contributed by atoms with E-state index in [0.717, 1.165) is 0 Å². The minimum Gasteiger partial charge on any atom is -0.258 e. The highest BCUT2D eigenvalue weighted by atomic mass is 32.2. The molecule has 0 aliphatic rings. The minimum atomic E-state index is -5.18. The molecule has 1 rings (SSSR count). The number of nitro groups is 1. The fourth-order valence-electron chi connectivity index (χ4n) is 0.920. The maximum atomic E-state index is 13.0. The molecule has 0 fully saturated rings. The molecule has 0 amide bonds. The molecule has 0 aromatic heterocycles. The second-order valence-corrected chi connectivity index (χ2v) is 4.56. The van der Waals surface area contributed by atoms with Crippen LogP contribution < -0.4 is 0 Å². The molecular formula is C7H4F3NO4S. The molecule has 0 unspecified atom stereocenters. The van der Waals surface area contributed by atoms with E-state index in [0.29, 0.717) is 12.1 Å². The molecule has 0 bridgehead atoms. The Labute approximate surface area is 87.6 Å². The lowest BCUT2D eigenvalue weighted by molar-refractivity contribution is -0.385. The number of benzene rings is 1. The average molecular weight is 255 g/mol. The summed E-state index contributed by atoms with van der Waals surface area (Å²) in [6.07, 6.45) is 0. The molecule has 0 heterocycles. The molecule has 5 nitrogen and oxygen atoms in total. The van der Waals surface area contributed by atoms with E-state index < -0.39 is 36.9 Å². The molecule has 0 saturated carbocycles. The van der Waals surface area contributed by atoms with Crippen molar-refractivity contribution in [2.24, 2.45) is 0 Å². The van der Waals surface area contributed by atoms with Crippen molar-refractivity contribution in [2.45, 2.75) is 10.7 Å². The molecule has 0 radical (unpaired) electrons. The van der Waals surface area contributed by atoms with Crippen molar-refractivity contribution in [2.75, 3.05) is 0 Å². The van der Waals surface area contributed by atoms with Gasteiger partial charge in [-0.15, -0.1) is 0 Å². The van der Waals surface area contributed by atoms with Gasteiger partial charge in [0.05, 0.1) is 4.92 Å². The van der Waals surface area contributed by atoms with Gasteiger partial charge in [0.1, 0.15) is 10.7 Å². The summed E-state index contributed by atoms with van der Waals surface area (Å²) in [5.74, 6) is -5.28. The topological polar surface area (TPSA) is 77.3 Å². The zero-order valence-corrected chi connectivity index (χ0v) is 8.25. The fourth-order valence-corrected chi connectivity index (χ4v) is 1.74. The Morgan fingerprint density at radius 2 is 1.88 bits per heavy atom. The molecule has 1 aromatic carbocycles. The number of nitrogens with zero attached hydrogens (tertiary/aromatic N) is 1. The van der Waals surface area contributed by atoms with Crippen LogP contribution in [0.25, 0.3) is 0 Å². The van der Waals surface area contributed by atoms with E-state index in [2.05, 4.69) is 0 Å². The first-order valence-corrected chi connectivity index (χ1v) is 5.27. The summed E-state index contributed by atoms with van der Waals surface area (Å²) < 4.78 is 59.0. The van der Waals surface area contributed by atoms with E-state index in [-0.39, 0.29) is 6.07 Å². The lowest BCUT2D eigenvalue weighted by Crippen LogP contribution is -2.13. The summed E-state index contributed by atoms with van der Waals surface area (Å²) >= 11 is 0. The van der Waals surface area contributed by atoms with Gasteiger partial charge in [-0.3, -0.25) is 10.1 Å². The van der Waals surface area contributed by atoms with Crippen LogP contribution in [0.15, 0.2) is 23.1 Å². The molecule has 0 atom stereocenters. The highest BCUT2D eigenvalue weighted by Crippen LogP contribution is 2.25.